The minimum absolute atomic E-state index is 0.426. The van der Waals surface area contributed by atoms with Crippen LogP contribution in [0.25, 0.3) is 0 Å². The molecule has 6 heavy (non-hydrogen) atoms. The highest BCUT2D eigenvalue weighted by molar-refractivity contribution is 5.75. The predicted molar refractivity (Wildman–Crippen MR) is 21.4 cm³/mol. The highest BCUT2D eigenvalue weighted by atomic mass is 16.2. The SMILES string of the molecule is [2H]C1NC(=O)NC1[2H]. The number of nitrogens with one attached hydrogen (secondary N) is 2. The molecule has 1 heterocycles. The molecule has 1 rings (SSSR count). The van der Waals surface area contributed by atoms with Gasteiger partial charge in [-0.2, -0.15) is 0 Å². The Labute approximate surface area is 38.5 Å². The second-order valence-corrected chi connectivity index (χ2v) is 0.951. The predicted octanol–water partition coefficient (Wildman–Crippen LogP) is -0.701. The van der Waals surface area contributed by atoms with Gasteiger partial charge in [-0.05, 0) is 0 Å². The molecule has 2 N–H and O–H groups in total. The Balaban J connectivity index is 2.51. The molecule has 3 nitrogen and oxygen atoms in total. The van der Waals surface area contributed by atoms with Crippen molar-refractivity contribution < 1.29 is 7.54 Å². The van der Waals surface area contributed by atoms with Crippen molar-refractivity contribution in [3.63, 3.8) is 0 Å². The van der Waals surface area contributed by atoms with Crippen molar-refractivity contribution in [3.05, 3.63) is 0 Å². The molecule has 0 aromatic rings. The molecule has 2 amide bonds. The van der Waals surface area contributed by atoms with Gasteiger partial charge in [0.05, 0.1) is 2.74 Å². The van der Waals surface area contributed by atoms with Crippen LogP contribution in [0.5, 0.6) is 0 Å². The molecule has 0 aromatic heterocycles. The van der Waals surface area contributed by atoms with Gasteiger partial charge in [0.15, 0.2) is 0 Å². The van der Waals surface area contributed by atoms with Crippen molar-refractivity contribution in [2.45, 2.75) is 0 Å². The van der Waals surface area contributed by atoms with Gasteiger partial charge < -0.3 is 10.6 Å². The molecule has 1 fully saturated rings. The average Bonchev–Trinajstić information content (AvgIpc) is 1.85. The molecule has 1 aliphatic heterocycles. The fourth-order valence-electron chi connectivity index (χ4n) is 0.276. The lowest BCUT2D eigenvalue weighted by atomic mass is 10.7. The summed E-state index contributed by atoms with van der Waals surface area (Å²) in [5.74, 6) is 0. The number of amides is 2. The Morgan fingerprint density at radius 3 is 2.33 bits per heavy atom. The molecule has 3 heteroatoms. The zero-order valence-electron chi connectivity index (χ0n) is 5.06. The van der Waals surface area contributed by atoms with Crippen LogP contribution >= 0.6 is 0 Å². The van der Waals surface area contributed by atoms with Gasteiger partial charge in [0, 0.05) is 13.0 Å². The number of urea groups is 1. The first-order valence-electron chi connectivity index (χ1n) is 2.77. The maximum atomic E-state index is 10.2. The van der Waals surface area contributed by atoms with Crippen molar-refractivity contribution in [1.29, 1.82) is 0 Å². The topological polar surface area (TPSA) is 41.1 Å². The highest BCUT2D eigenvalue weighted by Crippen LogP contribution is 1.69. The van der Waals surface area contributed by atoms with Crippen LogP contribution in [-0.2, 0) is 0 Å². The third-order valence-corrected chi connectivity index (χ3v) is 0.512. The van der Waals surface area contributed by atoms with E-state index in [0.29, 0.717) is 0 Å². The zero-order chi connectivity index (χ0) is 6.15. The second kappa shape index (κ2) is 1.16. The van der Waals surface area contributed by atoms with E-state index in [4.69, 9.17) is 2.74 Å². The third kappa shape index (κ3) is 0.429. The smallest absolute Gasteiger partial charge is 0.314 e. The number of carbonyl (C=O) groups excluding carboxylic acids is 1. The molecule has 0 spiro atoms. The maximum Gasteiger partial charge on any atom is 0.314 e. The number of rotatable bonds is 0. The molecule has 1 saturated heterocycles. The fraction of sp³-hybridized carbons (Fsp3) is 0.667. The Bertz CT molecular complexity index is 106. The van der Waals surface area contributed by atoms with E-state index in [9.17, 15) is 4.79 Å². The standard InChI is InChI=1S/C3H6N2O/c6-3-4-1-2-5-3/h1-2H2,(H2,4,5,6)/i1D,2D. The largest absolute Gasteiger partial charge is 0.336 e. The first-order chi connectivity index (χ1) is 3.70. The average molecular weight is 88.1 g/mol. The summed E-state index contributed by atoms with van der Waals surface area (Å²) in [7, 11) is 0. The van der Waals surface area contributed by atoms with Crippen LogP contribution < -0.4 is 10.6 Å². The van der Waals surface area contributed by atoms with Gasteiger partial charge in [-0.15, -0.1) is 0 Å². The summed E-state index contributed by atoms with van der Waals surface area (Å²) in [5.41, 5.74) is 0. The lowest BCUT2D eigenvalue weighted by molar-refractivity contribution is 0.248. The summed E-state index contributed by atoms with van der Waals surface area (Å²) in [4.78, 5) is 10.2. The molecule has 1 aliphatic rings. The highest BCUT2D eigenvalue weighted by Gasteiger charge is 2.02. The number of hydrogen-bond acceptors (Lipinski definition) is 1. The Morgan fingerprint density at radius 2 is 2.17 bits per heavy atom. The first kappa shape index (κ1) is 1.82. The van der Waals surface area contributed by atoms with Gasteiger partial charge in [0.25, 0.3) is 0 Å². The molecule has 0 radical (unpaired) electrons. The lowest BCUT2D eigenvalue weighted by Crippen LogP contribution is -2.20. The second-order valence-electron chi connectivity index (χ2n) is 0.951. The van der Waals surface area contributed by atoms with Crippen LogP contribution in [0, 0.1) is 0 Å². The molecular formula is C3H6N2O. The summed E-state index contributed by atoms with van der Waals surface area (Å²) in [6.07, 6.45) is 0. The van der Waals surface area contributed by atoms with E-state index in [0.717, 1.165) is 0 Å². The maximum absolute atomic E-state index is 10.2. The van der Waals surface area contributed by atoms with E-state index in [-0.39, 0.29) is 0 Å². The Morgan fingerprint density at radius 1 is 1.67 bits per heavy atom. The minimum atomic E-state index is -0.803. The fourth-order valence-corrected chi connectivity index (χ4v) is 0.276. The summed E-state index contributed by atoms with van der Waals surface area (Å²) in [6.45, 7) is -1.61. The Kier molecular flexibility index (Phi) is 0.352. The van der Waals surface area contributed by atoms with Crippen LogP contribution in [0.2, 0.25) is 0 Å². The van der Waals surface area contributed by atoms with E-state index in [1.165, 1.54) is 0 Å². The van der Waals surface area contributed by atoms with Gasteiger partial charge in [0.2, 0.25) is 0 Å². The van der Waals surface area contributed by atoms with Crippen LogP contribution in [0.15, 0.2) is 0 Å². The van der Waals surface area contributed by atoms with Crippen molar-refractivity contribution in [1.82, 2.24) is 10.6 Å². The zero-order valence-corrected chi connectivity index (χ0v) is 3.06. The summed E-state index contributed by atoms with van der Waals surface area (Å²) < 4.78 is 13.8. The normalized spacial score (nSPS) is 49.0. The van der Waals surface area contributed by atoms with E-state index in [1.54, 1.807) is 0 Å². The molecule has 0 saturated carbocycles. The molecule has 2 atom stereocenters. The van der Waals surface area contributed by atoms with Gasteiger partial charge in [0.1, 0.15) is 0 Å². The van der Waals surface area contributed by atoms with E-state index >= 15 is 0 Å². The molecule has 34 valence electrons. The summed E-state index contributed by atoms with van der Waals surface area (Å²) >= 11 is 0. The van der Waals surface area contributed by atoms with Crippen LogP contribution in [0.3, 0.4) is 0 Å². The monoisotopic (exact) mass is 88.1 g/mol. The van der Waals surface area contributed by atoms with Crippen molar-refractivity contribution in [2.24, 2.45) is 0 Å². The minimum Gasteiger partial charge on any atom is -0.336 e. The molecule has 2 unspecified atom stereocenters. The van der Waals surface area contributed by atoms with E-state index < -0.39 is 19.1 Å². The van der Waals surface area contributed by atoms with Crippen LogP contribution in [-0.4, -0.2) is 19.1 Å². The number of hydrogen-bond donors (Lipinski definition) is 2. The summed E-state index contributed by atoms with van der Waals surface area (Å²) in [5, 5.41) is 4.39. The first-order valence-corrected chi connectivity index (χ1v) is 1.61. The lowest BCUT2D eigenvalue weighted by Gasteiger charge is -1.80. The van der Waals surface area contributed by atoms with E-state index in [2.05, 4.69) is 10.6 Å². The van der Waals surface area contributed by atoms with E-state index in [1.807, 2.05) is 0 Å². The molecule has 0 bridgehead atoms. The van der Waals surface area contributed by atoms with Gasteiger partial charge in [-0.25, -0.2) is 4.79 Å². The van der Waals surface area contributed by atoms with Gasteiger partial charge in [-0.3, -0.25) is 0 Å². The van der Waals surface area contributed by atoms with Crippen LogP contribution in [0.4, 0.5) is 4.79 Å². The van der Waals surface area contributed by atoms with Crippen molar-refractivity contribution in [2.75, 3.05) is 13.0 Å². The van der Waals surface area contributed by atoms with Crippen molar-refractivity contribution in [3.8, 4) is 0 Å². The quantitative estimate of drug-likeness (QED) is 0.404. The molecule has 0 aromatic carbocycles. The molecule has 0 aliphatic carbocycles. The molecular weight excluding hydrogens is 80.0 g/mol. The Hall–Kier alpha value is -0.730. The summed E-state index contributed by atoms with van der Waals surface area (Å²) in [6, 6.07) is -0.426. The van der Waals surface area contributed by atoms with Gasteiger partial charge >= 0.3 is 6.03 Å². The third-order valence-electron chi connectivity index (χ3n) is 0.512. The van der Waals surface area contributed by atoms with Crippen molar-refractivity contribution >= 4 is 6.03 Å². The number of carbonyl (C=O) groups is 1. The van der Waals surface area contributed by atoms with Gasteiger partial charge in [-0.1, -0.05) is 0 Å². The van der Waals surface area contributed by atoms with Crippen LogP contribution in [0.1, 0.15) is 2.74 Å².